The standard InChI is InChI=1S/C20H19FN2O4S/c21-18-9-8-15(12-19(18)28(25,26)23-10-4-1-5-11-23)20(24)27-14-17-7-3-2-6-16(17)13-22/h2-3,6-9,12H,1,4-5,10-11,14H2. The van der Waals surface area contributed by atoms with E-state index in [-0.39, 0.29) is 12.2 Å². The van der Waals surface area contributed by atoms with Crippen molar-refractivity contribution in [2.24, 2.45) is 0 Å². The van der Waals surface area contributed by atoms with Gasteiger partial charge in [0.25, 0.3) is 0 Å². The van der Waals surface area contributed by atoms with Crippen LogP contribution in [-0.2, 0) is 21.4 Å². The predicted octanol–water partition coefficient (Wildman–Crippen LogP) is 3.23. The molecule has 2 aromatic carbocycles. The number of sulfonamides is 1. The van der Waals surface area contributed by atoms with E-state index in [1.54, 1.807) is 24.3 Å². The first-order valence-electron chi connectivity index (χ1n) is 8.88. The highest BCUT2D eigenvalue weighted by atomic mass is 32.2. The number of hydrogen-bond acceptors (Lipinski definition) is 5. The fraction of sp³-hybridized carbons (Fsp3) is 0.300. The molecule has 0 spiro atoms. The van der Waals surface area contributed by atoms with Crippen LogP contribution in [0.25, 0.3) is 0 Å². The fourth-order valence-corrected chi connectivity index (χ4v) is 4.66. The van der Waals surface area contributed by atoms with Gasteiger partial charge in [0, 0.05) is 18.7 Å². The minimum absolute atomic E-state index is 0.0635. The molecule has 0 radical (unpaired) electrons. The molecule has 0 saturated carbocycles. The minimum Gasteiger partial charge on any atom is -0.457 e. The van der Waals surface area contributed by atoms with Gasteiger partial charge in [-0.2, -0.15) is 9.57 Å². The Labute approximate surface area is 163 Å². The number of carbonyl (C=O) groups excluding carboxylic acids is 1. The number of benzene rings is 2. The number of piperidine rings is 1. The average Bonchev–Trinajstić information content (AvgIpc) is 2.73. The van der Waals surface area contributed by atoms with Crippen molar-refractivity contribution in [3.63, 3.8) is 0 Å². The van der Waals surface area contributed by atoms with Gasteiger partial charge in [0.2, 0.25) is 10.0 Å². The number of nitriles is 1. The maximum atomic E-state index is 14.2. The van der Waals surface area contributed by atoms with E-state index < -0.39 is 26.7 Å². The third kappa shape index (κ3) is 4.21. The summed E-state index contributed by atoms with van der Waals surface area (Å²) in [6.45, 7) is 0.525. The second-order valence-corrected chi connectivity index (χ2v) is 8.36. The molecular formula is C20H19FN2O4S. The molecule has 8 heteroatoms. The van der Waals surface area contributed by atoms with Gasteiger partial charge < -0.3 is 4.74 Å². The topological polar surface area (TPSA) is 87.5 Å². The lowest BCUT2D eigenvalue weighted by atomic mass is 10.1. The van der Waals surface area contributed by atoms with E-state index in [0.29, 0.717) is 24.2 Å². The van der Waals surface area contributed by atoms with Crippen LogP contribution in [-0.4, -0.2) is 31.8 Å². The molecule has 146 valence electrons. The number of rotatable bonds is 5. The summed E-state index contributed by atoms with van der Waals surface area (Å²) in [5.41, 5.74) is 0.843. The summed E-state index contributed by atoms with van der Waals surface area (Å²) in [6, 6.07) is 11.8. The molecule has 1 saturated heterocycles. The van der Waals surface area contributed by atoms with Crippen molar-refractivity contribution >= 4 is 16.0 Å². The maximum absolute atomic E-state index is 14.2. The summed E-state index contributed by atoms with van der Waals surface area (Å²) in [7, 11) is -4.02. The molecule has 1 aliphatic rings. The Morgan fingerprint density at radius 1 is 1.14 bits per heavy atom. The quantitative estimate of drug-likeness (QED) is 0.717. The third-order valence-corrected chi connectivity index (χ3v) is 6.51. The first-order valence-corrected chi connectivity index (χ1v) is 10.3. The van der Waals surface area contributed by atoms with Crippen molar-refractivity contribution in [2.75, 3.05) is 13.1 Å². The Morgan fingerprint density at radius 3 is 2.57 bits per heavy atom. The highest BCUT2D eigenvalue weighted by Gasteiger charge is 2.29. The van der Waals surface area contributed by atoms with Crippen LogP contribution in [0.2, 0.25) is 0 Å². The van der Waals surface area contributed by atoms with E-state index in [2.05, 4.69) is 0 Å². The number of hydrogen-bond donors (Lipinski definition) is 0. The normalized spacial score (nSPS) is 15.0. The highest BCUT2D eigenvalue weighted by molar-refractivity contribution is 7.89. The van der Waals surface area contributed by atoms with Crippen LogP contribution in [0, 0.1) is 17.1 Å². The third-order valence-electron chi connectivity index (χ3n) is 4.60. The van der Waals surface area contributed by atoms with Crippen LogP contribution in [0.15, 0.2) is 47.4 Å². The van der Waals surface area contributed by atoms with Crippen molar-refractivity contribution < 1.29 is 22.3 Å². The zero-order valence-corrected chi connectivity index (χ0v) is 15.9. The van der Waals surface area contributed by atoms with Crippen molar-refractivity contribution in [1.82, 2.24) is 4.31 Å². The molecule has 1 fully saturated rings. The zero-order chi connectivity index (χ0) is 20.1. The van der Waals surface area contributed by atoms with Gasteiger partial charge in [0.05, 0.1) is 17.2 Å². The smallest absolute Gasteiger partial charge is 0.338 e. The summed E-state index contributed by atoms with van der Waals surface area (Å²) < 4.78 is 46.2. The number of ether oxygens (including phenoxy) is 1. The zero-order valence-electron chi connectivity index (χ0n) is 15.1. The molecule has 28 heavy (non-hydrogen) atoms. The molecule has 3 rings (SSSR count). The van der Waals surface area contributed by atoms with Gasteiger partial charge in [0.1, 0.15) is 17.3 Å². The molecule has 0 aliphatic carbocycles. The second-order valence-electron chi connectivity index (χ2n) is 6.46. The summed E-state index contributed by atoms with van der Waals surface area (Å²) in [6.07, 6.45) is 2.38. The Hall–Kier alpha value is -2.76. The lowest BCUT2D eigenvalue weighted by Gasteiger charge is -2.26. The van der Waals surface area contributed by atoms with Crippen LogP contribution < -0.4 is 0 Å². The fourth-order valence-electron chi connectivity index (χ4n) is 3.05. The van der Waals surface area contributed by atoms with Gasteiger partial charge in [-0.3, -0.25) is 0 Å². The molecule has 0 aromatic heterocycles. The second kappa shape index (κ2) is 8.50. The van der Waals surface area contributed by atoms with Crippen molar-refractivity contribution in [3.05, 3.63) is 65.0 Å². The van der Waals surface area contributed by atoms with Crippen molar-refractivity contribution in [2.45, 2.75) is 30.8 Å². The molecule has 0 bridgehead atoms. The minimum atomic E-state index is -4.02. The largest absolute Gasteiger partial charge is 0.457 e. The molecule has 0 amide bonds. The van der Waals surface area contributed by atoms with Crippen molar-refractivity contribution in [1.29, 1.82) is 5.26 Å². The van der Waals surface area contributed by atoms with Crippen molar-refractivity contribution in [3.8, 4) is 6.07 Å². The van der Waals surface area contributed by atoms with E-state index in [4.69, 9.17) is 10.00 Å². The lowest BCUT2D eigenvalue weighted by molar-refractivity contribution is 0.0472. The van der Waals surface area contributed by atoms with Crippen LogP contribution in [0.5, 0.6) is 0 Å². The first-order chi connectivity index (χ1) is 13.4. The Bertz CT molecular complexity index is 1020. The summed E-state index contributed by atoms with van der Waals surface area (Å²) in [5, 5.41) is 9.08. The predicted molar refractivity (Wildman–Crippen MR) is 99.3 cm³/mol. The molecular weight excluding hydrogens is 383 g/mol. The highest BCUT2D eigenvalue weighted by Crippen LogP contribution is 2.24. The van der Waals surface area contributed by atoms with E-state index >= 15 is 0 Å². The molecule has 1 aliphatic heterocycles. The maximum Gasteiger partial charge on any atom is 0.338 e. The monoisotopic (exact) mass is 402 g/mol. The van der Waals surface area contributed by atoms with Gasteiger partial charge in [0.15, 0.2) is 0 Å². The SMILES string of the molecule is N#Cc1ccccc1COC(=O)c1ccc(F)c(S(=O)(=O)N2CCCCC2)c1. The van der Waals surface area contributed by atoms with E-state index in [0.717, 1.165) is 31.4 Å². The molecule has 6 nitrogen and oxygen atoms in total. The van der Waals surface area contributed by atoms with E-state index in [1.165, 1.54) is 10.4 Å². The molecule has 2 aromatic rings. The van der Waals surface area contributed by atoms with Crippen LogP contribution >= 0.6 is 0 Å². The van der Waals surface area contributed by atoms with Crippen LogP contribution in [0.4, 0.5) is 4.39 Å². The van der Waals surface area contributed by atoms with E-state index in [9.17, 15) is 17.6 Å². The Morgan fingerprint density at radius 2 is 1.86 bits per heavy atom. The lowest BCUT2D eigenvalue weighted by Crippen LogP contribution is -2.36. The Kier molecular flexibility index (Phi) is 6.07. The summed E-state index contributed by atoms with van der Waals surface area (Å²) in [4.78, 5) is 11.8. The summed E-state index contributed by atoms with van der Waals surface area (Å²) in [5.74, 6) is -1.69. The van der Waals surface area contributed by atoms with Gasteiger partial charge in [-0.25, -0.2) is 17.6 Å². The first kappa shape index (κ1) is 20.0. The number of carbonyl (C=O) groups is 1. The summed E-state index contributed by atoms with van der Waals surface area (Å²) >= 11 is 0. The van der Waals surface area contributed by atoms with Crippen LogP contribution in [0.1, 0.15) is 40.7 Å². The number of esters is 1. The van der Waals surface area contributed by atoms with Gasteiger partial charge in [-0.1, -0.05) is 24.6 Å². The number of halogens is 1. The molecule has 0 atom stereocenters. The molecule has 1 heterocycles. The number of nitrogens with zero attached hydrogens (tertiary/aromatic N) is 2. The van der Waals surface area contributed by atoms with Crippen LogP contribution in [0.3, 0.4) is 0 Å². The average molecular weight is 402 g/mol. The van der Waals surface area contributed by atoms with E-state index in [1.807, 2.05) is 6.07 Å². The molecule has 0 unspecified atom stereocenters. The molecule has 0 N–H and O–H groups in total. The van der Waals surface area contributed by atoms with Gasteiger partial charge in [-0.15, -0.1) is 0 Å². The van der Waals surface area contributed by atoms with Gasteiger partial charge >= 0.3 is 5.97 Å². The van der Waals surface area contributed by atoms with Gasteiger partial charge in [-0.05, 0) is 37.1 Å². The Balaban J connectivity index is 1.80.